The van der Waals surface area contributed by atoms with E-state index >= 15 is 0 Å². The molecule has 5 heterocycles. The summed E-state index contributed by atoms with van der Waals surface area (Å²) < 4.78 is 34.1. The summed E-state index contributed by atoms with van der Waals surface area (Å²) in [6.07, 6.45) is 4.31. The van der Waals surface area contributed by atoms with Gasteiger partial charge < -0.3 is 14.9 Å². The zero-order valence-corrected chi connectivity index (χ0v) is 25.1. The van der Waals surface area contributed by atoms with Crippen molar-refractivity contribution >= 4 is 49.5 Å². The number of fused-ring (bicyclic) bond motifs is 1. The minimum absolute atomic E-state index is 0.164. The highest BCUT2D eigenvalue weighted by Gasteiger charge is 2.25. The van der Waals surface area contributed by atoms with Crippen LogP contribution in [0.3, 0.4) is 0 Å². The van der Waals surface area contributed by atoms with Crippen LogP contribution in [0.25, 0.3) is 26.6 Å². The van der Waals surface area contributed by atoms with E-state index in [9.17, 15) is 8.42 Å². The number of hydrogen-bond donors (Lipinski definition) is 1. The van der Waals surface area contributed by atoms with Crippen LogP contribution in [0.4, 0.5) is 17.2 Å². The Balaban J connectivity index is 1.48. The lowest BCUT2D eigenvalue weighted by molar-refractivity contribution is -0.0309. The molecule has 0 spiro atoms. The van der Waals surface area contributed by atoms with Crippen molar-refractivity contribution in [1.29, 1.82) is 0 Å². The molecule has 0 radical (unpaired) electrons. The smallest absolute Gasteiger partial charge is 0.269 e. The summed E-state index contributed by atoms with van der Waals surface area (Å²) in [4.78, 5) is 22.4. The Labute approximate surface area is 248 Å². The number of pyridine rings is 2. The van der Waals surface area contributed by atoms with Crippen molar-refractivity contribution in [2.45, 2.75) is 50.7 Å². The zero-order chi connectivity index (χ0) is 29.4. The van der Waals surface area contributed by atoms with Crippen LogP contribution in [-0.4, -0.2) is 45.8 Å². The van der Waals surface area contributed by atoms with Crippen LogP contribution >= 0.6 is 11.3 Å². The Morgan fingerprint density at radius 3 is 2.64 bits per heavy atom. The average molecular weight is 600 g/mol. The van der Waals surface area contributed by atoms with Gasteiger partial charge in [0.15, 0.2) is 15.5 Å². The Morgan fingerprint density at radius 2 is 1.93 bits per heavy atom. The van der Waals surface area contributed by atoms with E-state index in [2.05, 4.69) is 20.1 Å². The monoisotopic (exact) mass is 599 g/mol. The third-order valence-corrected chi connectivity index (χ3v) is 9.25. The van der Waals surface area contributed by atoms with Gasteiger partial charge in [-0.1, -0.05) is 12.6 Å². The summed E-state index contributed by atoms with van der Waals surface area (Å²) in [6.45, 7) is 11.8. The molecule has 0 aliphatic carbocycles. The highest BCUT2D eigenvalue weighted by molar-refractivity contribution is 7.90. The molecule has 12 heteroatoms. The molecule has 1 fully saturated rings. The first-order chi connectivity index (χ1) is 20.2. The number of thiazole rings is 1. The second-order valence-electron chi connectivity index (χ2n) is 10.4. The molecule has 4 aromatic heterocycles. The van der Waals surface area contributed by atoms with Gasteiger partial charge in [0.05, 0.1) is 28.4 Å². The number of hydrogen-bond acceptors (Lipinski definition) is 9. The largest absolute Gasteiger partial charge is 0.361 e. The van der Waals surface area contributed by atoms with Gasteiger partial charge in [0.25, 0.3) is 5.82 Å². The fourth-order valence-corrected chi connectivity index (χ4v) is 6.85. The zero-order valence-electron chi connectivity index (χ0n) is 23.5. The second kappa shape index (κ2) is 11.2. The number of rotatable bonds is 7. The maximum absolute atomic E-state index is 13.0. The maximum Gasteiger partial charge on any atom is 0.269 e. The highest BCUT2D eigenvalue weighted by atomic mass is 32.2. The summed E-state index contributed by atoms with van der Waals surface area (Å²) in [6, 6.07) is 12.5. The molecule has 5 aromatic rings. The molecule has 214 valence electrons. The van der Waals surface area contributed by atoms with Crippen LogP contribution in [-0.2, 0) is 21.0 Å². The maximum atomic E-state index is 13.0. The lowest BCUT2D eigenvalue weighted by Gasteiger charge is -2.25. The van der Waals surface area contributed by atoms with Gasteiger partial charge >= 0.3 is 0 Å². The highest BCUT2D eigenvalue weighted by Crippen LogP contribution is 2.36. The SMILES string of the molecule is [C-]#[N+]c1cccc(Cc2cc(Nc3ccc(-c4nc(C)cs4)cc3S(C)(=O)=O)c3nc(C)n(C4CCCCO4)c3n2)n1. The normalized spacial score (nSPS) is 15.5. The molecule has 42 heavy (non-hydrogen) atoms. The molecule has 0 saturated carbocycles. The second-order valence-corrected chi connectivity index (χ2v) is 13.2. The minimum Gasteiger partial charge on any atom is -0.361 e. The number of imidazole rings is 1. The molecule has 10 nitrogen and oxygen atoms in total. The Kier molecular flexibility index (Phi) is 7.49. The summed E-state index contributed by atoms with van der Waals surface area (Å²) in [5, 5.41) is 6.07. The fraction of sp³-hybridized carbons (Fsp3) is 0.300. The van der Waals surface area contributed by atoms with Crippen LogP contribution in [0.5, 0.6) is 0 Å². The average Bonchev–Trinajstić information content (AvgIpc) is 3.55. The van der Waals surface area contributed by atoms with E-state index in [1.165, 1.54) is 17.6 Å². The van der Waals surface area contributed by atoms with Gasteiger partial charge in [-0.05, 0) is 69.5 Å². The van der Waals surface area contributed by atoms with Gasteiger partial charge in [0, 0.05) is 29.5 Å². The molecule has 1 saturated heterocycles. The Bertz CT molecular complexity index is 1950. The number of aromatic nitrogens is 5. The summed E-state index contributed by atoms with van der Waals surface area (Å²) in [7, 11) is -3.60. The van der Waals surface area contributed by atoms with Crippen molar-refractivity contribution < 1.29 is 13.2 Å². The van der Waals surface area contributed by atoms with Crippen LogP contribution in [0.15, 0.2) is 52.7 Å². The van der Waals surface area contributed by atoms with Crippen LogP contribution in [0.1, 0.15) is 48.4 Å². The number of nitrogens with one attached hydrogen (secondary N) is 1. The quantitative estimate of drug-likeness (QED) is 0.209. The lowest BCUT2D eigenvalue weighted by Crippen LogP contribution is -2.19. The number of anilines is 2. The molecule has 0 amide bonds. The number of ether oxygens (including phenoxy) is 1. The van der Waals surface area contributed by atoms with Crippen LogP contribution in [0, 0.1) is 20.4 Å². The van der Waals surface area contributed by atoms with Crippen molar-refractivity contribution in [3.05, 3.63) is 82.2 Å². The first-order valence-electron chi connectivity index (χ1n) is 13.6. The van der Waals surface area contributed by atoms with Gasteiger partial charge in [-0.3, -0.25) is 4.57 Å². The van der Waals surface area contributed by atoms with E-state index in [4.69, 9.17) is 21.3 Å². The summed E-state index contributed by atoms with van der Waals surface area (Å²) in [5.41, 5.74) is 5.35. The predicted molar refractivity (Wildman–Crippen MR) is 163 cm³/mol. The van der Waals surface area contributed by atoms with E-state index in [0.29, 0.717) is 52.8 Å². The van der Waals surface area contributed by atoms with Crippen LogP contribution < -0.4 is 5.32 Å². The van der Waals surface area contributed by atoms with E-state index in [-0.39, 0.29) is 11.1 Å². The third kappa shape index (κ3) is 5.63. The Hall–Kier alpha value is -4.18. The van der Waals surface area contributed by atoms with Crippen molar-refractivity contribution in [2.75, 3.05) is 18.2 Å². The standard InChI is InChI=1S/C30H29N7O3S2/c1-18-17-41-30(32-18)20-11-12-23(25(14-20)42(4,38)39)36-24-16-22(15-21-8-7-9-26(31-3)34-21)35-29-28(24)33-19(2)37(29)27-10-5-6-13-40-27/h7-9,11-12,14,16-17,27H,5-6,10,13,15H2,1-2,4H3,(H,35,36). The van der Waals surface area contributed by atoms with Gasteiger partial charge in [-0.25, -0.2) is 23.4 Å². The Morgan fingerprint density at radius 1 is 1.07 bits per heavy atom. The first kappa shape index (κ1) is 28.0. The lowest BCUT2D eigenvalue weighted by atomic mass is 10.1. The summed E-state index contributed by atoms with van der Waals surface area (Å²) >= 11 is 1.47. The van der Waals surface area contributed by atoms with Gasteiger partial charge in [-0.2, -0.15) is 0 Å². The van der Waals surface area contributed by atoms with Gasteiger partial charge in [0.2, 0.25) is 0 Å². The minimum atomic E-state index is -3.60. The molecule has 6 rings (SSSR count). The van der Waals surface area contributed by atoms with Gasteiger partial charge in [-0.15, -0.1) is 16.3 Å². The van der Waals surface area contributed by atoms with E-state index in [0.717, 1.165) is 41.4 Å². The van der Waals surface area contributed by atoms with Crippen molar-refractivity contribution in [3.8, 4) is 10.6 Å². The van der Waals surface area contributed by atoms with E-state index < -0.39 is 9.84 Å². The van der Waals surface area contributed by atoms with Gasteiger partial charge in [0.1, 0.15) is 28.3 Å². The third-order valence-electron chi connectivity index (χ3n) is 7.11. The molecule has 1 N–H and O–H groups in total. The molecule has 0 bridgehead atoms. The topological polar surface area (TPSA) is 116 Å². The molecular weight excluding hydrogens is 571 g/mol. The number of aryl methyl sites for hydroxylation is 2. The molecule has 1 aliphatic heterocycles. The van der Waals surface area contributed by atoms with Crippen molar-refractivity contribution in [2.24, 2.45) is 0 Å². The number of benzene rings is 1. The number of sulfone groups is 1. The van der Waals surface area contributed by atoms with E-state index in [1.807, 2.05) is 48.1 Å². The predicted octanol–water partition coefficient (Wildman–Crippen LogP) is 6.55. The molecule has 1 aromatic carbocycles. The molecular formula is C30H29N7O3S2. The molecule has 1 atom stereocenters. The number of nitrogens with zero attached hydrogens (tertiary/aromatic N) is 6. The molecule has 1 aliphatic rings. The van der Waals surface area contributed by atoms with Crippen molar-refractivity contribution in [3.63, 3.8) is 0 Å². The van der Waals surface area contributed by atoms with E-state index in [1.54, 1.807) is 18.2 Å². The van der Waals surface area contributed by atoms with Crippen molar-refractivity contribution in [1.82, 2.24) is 24.5 Å². The fourth-order valence-electron chi connectivity index (χ4n) is 5.19. The van der Waals surface area contributed by atoms with Crippen LogP contribution in [0.2, 0.25) is 0 Å². The first-order valence-corrected chi connectivity index (χ1v) is 16.3. The summed E-state index contributed by atoms with van der Waals surface area (Å²) in [5.74, 6) is 1.08. The molecule has 1 unspecified atom stereocenters.